The highest BCUT2D eigenvalue weighted by Crippen LogP contribution is 2.29. The van der Waals surface area contributed by atoms with E-state index in [-0.39, 0.29) is 30.8 Å². The molecule has 1 aliphatic rings. The van der Waals surface area contributed by atoms with Crippen molar-refractivity contribution in [2.24, 2.45) is 0 Å². The van der Waals surface area contributed by atoms with Crippen LogP contribution >= 0.6 is 0 Å². The van der Waals surface area contributed by atoms with Crippen LogP contribution in [0.25, 0.3) is 0 Å². The van der Waals surface area contributed by atoms with Gasteiger partial charge >= 0.3 is 0 Å². The third-order valence-corrected chi connectivity index (χ3v) is 7.09. The predicted octanol–water partition coefficient (Wildman–Crippen LogP) is 3.94. The Balaban J connectivity index is 1.61. The van der Waals surface area contributed by atoms with Crippen molar-refractivity contribution in [2.75, 3.05) is 29.5 Å². The van der Waals surface area contributed by atoms with E-state index in [1.807, 2.05) is 0 Å². The molecule has 3 rings (SSSR count). The number of para-hydroxylation sites is 3. The maximum Gasteiger partial charge on any atom is 0.253 e. The van der Waals surface area contributed by atoms with E-state index in [1.54, 1.807) is 48.5 Å². The average molecular weight is 488 g/mol. The maximum absolute atomic E-state index is 12.8. The first-order valence-corrected chi connectivity index (χ1v) is 13.4. The normalized spacial score (nSPS) is 14.3. The Morgan fingerprint density at radius 3 is 2.41 bits per heavy atom. The summed E-state index contributed by atoms with van der Waals surface area (Å²) in [4.78, 5) is 25.4. The summed E-state index contributed by atoms with van der Waals surface area (Å²) >= 11 is 0. The van der Waals surface area contributed by atoms with Crippen LogP contribution in [0, 0.1) is 0 Å². The molecule has 2 amide bonds. The Hall–Kier alpha value is -3.07. The van der Waals surface area contributed by atoms with Gasteiger partial charge in [0.15, 0.2) is 0 Å². The maximum atomic E-state index is 12.8. The van der Waals surface area contributed by atoms with Gasteiger partial charge in [0, 0.05) is 19.0 Å². The van der Waals surface area contributed by atoms with Crippen LogP contribution in [-0.4, -0.2) is 46.2 Å². The number of ether oxygens (including phenoxy) is 1. The highest BCUT2D eigenvalue weighted by Gasteiger charge is 2.22. The van der Waals surface area contributed by atoms with Crippen LogP contribution in [0.2, 0.25) is 0 Å². The van der Waals surface area contributed by atoms with Crippen molar-refractivity contribution in [3.8, 4) is 5.75 Å². The lowest BCUT2D eigenvalue weighted by atomic mass is 9.95. The first kappa shape index (κ1) is 25.6. The van der Waals surface area contributed by atoms with Gasteiger partial charge in [-0.1, -0.05) is 43.5 Å². The van der Waals surface area contributed by atoms with Gasteiger partial charge in [-0.05, 0) is 43.5 Å². The lowest BCUT2D eigenvalue weighted by Crippen LogP contribution is -2.36. The summed E-state index contributed by atoms with van der Waals surface area (Å²) in [5.41, 5.74) is 1.30. The van der Waals surface area contributed by atoms with E-state index in [0.29, 0.717) is 29.1 Å². The van der Waals surface area contributed by atoms with Crippen LogP contribution in [0.5, 0.6) is 5.75 Å². The summed E-state index contributed by atoms with van der Waals surface area (Å²) in [6.07, 6.45) is 6.90. The number of methoxy groups -OCH3 is 1. The van der Waals surface area contributed by atoms with Crippen molar-refractivity contribution in [1.29, 1.82) is 0 Å². The van der Waals surface area contributed by atoms with Crippen LogP contribution in [0.3, 0.4) is 0 Å². The molecule has 0 bridgehead atoms. The summed E-state index contributed by atoms with van der Waals surface area (Å²) in [5.74, 6) is -0.0381. The van der Waals surface area contributed by atoms with Gasteiger partial charge in [-0.2, -0.15) is 0 Å². The zero-order chi connectivity index (χ0) is 24.6. The topological polar surface area (TPSA) is 105 Å². The van der Waals surface area contributed by atoms with Gasteiger partial charge in [-0.25, -0.2) is 8.42 Å². The SMILES string of the molecule is COc1ccccc1N(CCCC(=O)Nc1ccccc1C(=O)NC1CCCCC1)S(C)(=O)=O. The van der Waals surface area contributed by atoms with E-state index < -0.39 is 10.0 Å². The molecule has 184 valence electrons. The summed E-state index contributed by atoms with van der Waals surface area (Å²) in [6.45, 7) is 0.121. The van der Waals surface area contributed by atoms with E-state index >= 15 is 0 Å². The number of sulfonamides is 1. The summed E-state index contributed by atoms with van der Waals surface area (Å²) < 4.78 is 31.3. The molecule has 0 aromatic heterocycles. The first-order valence-electron chi connectivity index (χ1n) is 11.6. The van der Waals surface area contributed by atoms with E-state index in [1.165, 1.54) is 17.8 Å². The van der Waals surface area contributed by atoms with Gasteiger partial charge in [-0.3, -0.25) is 13.9 Å². The summed E-state index contributed by atoms with van der Waals surface area (Å²) in [5, 5.41) is 5.89. The highest BCUT2D eigenvalue weighted by molar-refractivity contribution is 7.92. The Kier molecular flexibility index (Phi) is 8.92. The molecule has 2 aromatic carbocycles. The van der Waals surface area contributed by atoms with Crippen LogP contribution in [-0.2, 0) is 14.8 Å². The lowest BCUT2D eigenvalue weighted by Gasteiger charge is -2.24. The average Bonchev–Trinajstić information content (AvgIpc) is 2.82. The van der Waals surface area contributed by atoms with Crippen LogP contribution in [0.1, 0.15) is 55.3 Å². The molecule has 1 fully saturated rings. The minimum absolute atomic E-state index is 0.0970. The monoisotopic (exact) mass is 487 g/mol. The van der Waals surface area contributed by atoms with Crippen molar-refractivity contribution in [1.82, 2.24) is 5.32 Å². The lowest BCUT2D eigenvalue weighted by molar-refractivity contribution is -0.116. The second kappa shape index (κ2) is 11.9. The minimum Gasteiger partial charge on any atom is -0.495 e. The first-order chi connectivity index (χ1) is 16.3. The number of hydrogen-bond donors (Lipinski definition) is 2. The predicted molar refractivity (Wildman–Crippen MR) is 134 cm³/mol. The standard InChI is InChI=1S/C25H33N3O5S/c1-33-23-16-9-8-15-22(23)28(34(2,31)32)18-10-17-24(29)27-21-14-7-6-13-20(21)25(30)26-19-11-4-3-5-12-19/h6-9,13-16,19H,3-5,10-12,17-18H2,1-2H3,(H,26,30)(H,27,29). The van der Waals surface area contributed by atoms with Gasteiger partial charge in [0.2, 0.25) is 15.9 Å². The smallest absolute Gasteiger partial charge is 0.253 e. The summed E-state index contributed by atoms with van der Waals surface area (Å²) in [7, 11) is -2.09. The molecule has 2 aromatic rings. The Morgan fingerprint density at radius 2 is 1.71 bits per heavy atom. The largest absolute Gasteiger partial charge is 0.495 e. The van der Waals surface area contributed by atoms with Crippen molar-refractivity contribution in [3.05, 3.63) is 54.1 Å². The van der Waals surface area contributed by atoms with Crippen molar-refractivity contribution < 1.29 is 22.7 Å². The number of benzene rings is 2. The third-order valence-electron chi connectivity index (χ3n) is 5.91. The van der Waals surface area contributed by atoms with E-state index in [4.69, 9.17) is 4.74 Å². The third kappa shape index (κ3) is 6.96. The quantitative estimate of drug-likeness (QED) is 0.528. The minimum atomic E-state index is -3.57. The van der Waals surface area contributed by atoms with E-state index in [9.17, 15) is 18.0 Å². The molecule has 9 heteroatoms. The number of rotatable bonds is 10. The fourth-order valence-electron chi connectivity index (χ4n) is 4.20. The Morgan fingerprint density at radius 1 is 1.03 bits per heavy atom. The Labute approximate surface area is 201 Å². The van der Waals surface area contributed by atoms with Gasteiger partial charge < -0.3 is 15.4 Å². The molecule has 8 nitrogen and oxygen atoms in total. The molecule has 0 saturated heterocycles. The van der Waals surface area contributed by atoms with Gasteiger partial charge in [0.1, 0.15) is 5.75 Å². The second-order valence-corrected chi connectivity index (χ2v) is 10.4. The molecule has 34 heavy (non-hydrogen) atoms. The summed E-state index contributed by atoms with van der Waals surface area (Å²) in [6, 6.07) is 13.9. The second-order valence-electron chi connectivity index (χ2n) is 8.51. The zero-order valence-corrected chi connectivity index (χ0v) is 20.6. The van der Waals surface area contributed by atoms with Crippen LogP contribution < -0.4 is 19.7 Å². The van der Waals surface area contributed by atoms with E-state index in [2.05, 4.69) is 10.6 Å². The molecule has 0 unspecified atom stereocenters. The number of hydrogen-bond acceptors (Lipinski definition) is 5. The van der Waals surface area contributed by atoms with Gasteiger partial charge in [0.05, 0.1) is 30.3 Å². The molecule has 1 saturated carbocycles. The molecule has 2 N–H and O–H groups in total. The van der Waals surface area contributed by atoms with Crippen molar-refractivity contribution in [3.63, 3.8) is 0 Å². The van der Waals surface area contributed by atoms with Crippen molar-refractivity contribution >= 4 is 33.2 Å². The van der Waals surface area contributed by atoms with E-state index in [0.717, 1.165) is 31.9 Å². The van der Waals surface area contributed by atoms with Crippen LogP contribution in [0.4, 0.5) is 11.4 Å². The molecule has 0 heterocycles. The number of amides is 2. The molecular formula is C25H33N3O5S. The van der Waals surface area contributed by atoms with Gasteiger partial charge in [0.25, 0.3) is 5.91 Å². The Bertz CT molecular complexity index is 1100. The fraction of sp³-hybridized carbons (Fsp3) is 0.440. The number of carbonyl (C=O) groups excluding carboxylic acids is 2. The van der Waals surface area contributed by atoms with Crippen LogP contribution in [0.15, 0.2) is 48.5 Å². The molecule has 0 radical (unpaired) electrons. The molecular weight excluding hydrogens is 454 g/mol. The highest BCUT2D eigenvalue weighted by atomic mass is 32.2. The molecule has 0 atom stereocenters. The number of carbonyl (C=O) groups is 2. The van der Waals surface area contributed by atoms with Gasteiger partial charge in [-0.15, -0.1) is 0 Å². The van der Waals surface area contributed by atoms with Crippen molar-refractivity contribution in [2.45, 2.75) is 51.0 Å². The molecule has 0 aliphatic heterocycles. The number of anilines is 2. The molecule has 0 spiro atoms. The molecule has 1 aliphatic carbocycles. The number of nitrogens with zero attached hydrogens (tertiary/aromatic N) is 1. The fourth-order valence-corrected chi connectivity index (χ4v) is 5.17. The number of nitrogens with one attached hydrogen (secondary N) is 2. The zero-order valence-electron chi connectivity index (χ0n) is 19.7.